The van der Waals surface area contributed by atoms with E-state index in [1.807, 2.05) is 13.0 Å². The molecule has 1 aliphatic rings. The van der Waals surface area contributed by atoms with Crippen molar-refractivity contribution >= 4 is 28.9 Å². The Morgan fingerprint density at radius 1 is 1.19 bits per heavy atom. The van der Waals surface area contributed by atoms with E-state index in [0.717, 1.165) is 18.4 Å². The van der Waals surface area contributed by atoms with Gasteiger partial charge in [-0.15, -0.1) is 0 Å². The lowest BCUT2D eigenvalue weighted by Gasteiger charge is -2.12. The van der Waals surface area contributed by atoms with Gasteiger partial charge in [0.05, 0.1) is 18.1 Å². The van der Waals surface area contributed by atoms with Crippen LogP contribution in [0, 0.1) is 6.92 Å². The topological polar surface area (TPSA) is 118 Å². The van der Waals surface area contributed by atoms with E-state index in [9.17, 15) is 9.59 Å². The number of hydrogen-bond acceptors (Lipinski definition) is 7. The van der Waals surface area contributed by atoms with Crippen LogP contribution in [0.2, 0.25) is 0 Å². The fourth-order valence-electron chi connectivity index (χ4n) is 3.46. The van der Waals surface area contributed by atoms with Crippen LogP contribution in [0.25, 0.3) is 11.3 Å². The Kier molecular flexibility index (Phi) is 4.81. The highest BCUT2D eigenvalue weighted by atomic mass is 16.2. The number of nitrogens with one attached hydrogen (secondary N) is 3. The third-order valence-electron chi connectivity index (χ3n) is 5.23. The van der Waals surface area contributed by atoms with Crippen molar-refractivity contribution in [3.05, 3.63) is 70.5 Å². The van der Waals surface area contributed by atoms with Crippen molar-refractivity contribution in [2.24, 2.45) is 0 Å². The Labute approximate surface area is 183 Å². The van der Waals surface area contributed by atoms with Crippen LogP contribution in [-0.2, 0) is 0 Å². The monoisotopic (exact) mass is 430 g/mol. The summed E-state index contributed by atoms with van der Waals surface area (Å²) in [5.74, 6) is 0.838. The molecular weight excluding hydrogens is 408 g/mol. The summed E-state index contributed by atoms with van der Waals surface area (Å²) in [6, 6.07) is 7.30. The Morgan fingerprint density at radius 3 is 2.78 bits per heavy atom. The second-order valence-electron chi connectivity index (χ2n) is 7.76. The van der Waals surface area contributed by atoms with Crippen LogP contribution in [0.5, 0.6) is 0 Å². The second kappa shape index (κ2) is 7.80. The molecule has 10 nitrogen and oxygen atoms in total. The quantitative estimate of drug-likeness (QED) is 0.429. The number of carbonyl (C=O) groups excluding carboxylic acids is 1. The molecular formula is C22H22N8O2. The lowest BCUT2D eigenvalue weighted by atomic mass is 10.3. The Bertz CT molecular complexity index is 1390. The molecule has 0 atom stereocenters. The van der Waals surface area contributed by atoms with Crippen LogP contribution in [0.1, 0.15) is 28.8 Å². The molecule has 1 saturated carbocycles. The van der Waals surface area contributed by atoms with Gasteiger partial charge in [0.1, 0.15) is 22.9 Å². The molecule has 0 radical (unpaired) electrons. The molecule has 1 fully saturated rings. The first-order valence-electron chi connectivity index (χ1n) is 10.3. The maximum atomic E-state index is 13.1. The summed E-state index contributed by atoms with van der Waals surface area (Å²) in [6.45, 7) is 1.92. The van der Waals surface area contributed by atoms with Crippen LogP contribution < -0.4 is 21.5 Å². The highest BCUT2D eigenvalue weighted by molar-refractivity contribution is 6.00. The lowest BCUT2D eigenvalue weighted by molar-refractivity contribution is 0.0952. The fraction of sp³-hybridized carbons (Fsp3) is 0.227. The minimum Gasteiger partial charge on any atom is -0.373 e. The van der Waals surface area contributed by atoms with E-state index in [0.29, 0.717) is 34.2 Å². The predicted molar refractivity (Wildman–Crippen MR) is 121 cm³/mol. The van der Waals surface area contributed by atoms with Crippen molar-refractivity contribution in [2.75, 3.05) is 17.7 Å². The van der Waals surface area contributed by atoms with E-state index in [1.165, 1.54) is 10.8 Å². The van der Waals surface area contributed by atoms with Crippen molar-refractivity contribution in [1.82, 2.24) is 29.5 Å². The molecule has 0 aliphatic heterocycles. The fourth-order valence-corrected chi connectivity index (χ4v) is 3.46. The molecule has 1 aliphatic carbocycles. The second-order valence-corrected chi connectivity index (χ2v) is 7.76. The van der Waals surface area contributed by atoms with Gasteiger partial charge in [0.15, 0.2) is 5.65 Å². The Hall–Kier alpha value is -4.21. The van der Waals surface area contributed by atoms with Gasteiger partial charge in [0.25, 0.3) is 11.5 Å². The van der Waals surface area contributed by atoms with Crippen molar-refractivity contribution in [2.45, 2.75) is 25.8 Å². The number of aryl methyl sites for hydroxylation is 1. The molecule has 0 aromatic carbocycles. The van der Waals surface area contributed by atoms with Gasteiger partial charge in [0, 0.05) is 31.5 Å². The van der Waals surface area contributed by atoms with Gasteiger partial charge in [-0.3, -0.25) is 19.1 Å². The Morgan fingerprint density at radius 2 is 2.03 bits per heavy atom. The third kappa shape index (κ3) is 3.66. The number of carbonyl (C=O) groups is 1. The van der Waals surface area contributed by atoms with Gasteiger partial charge in [-0.25, -0.2) is 4.98 Å². The molecule has 0 saturated heterocycles. The first-order valence-corrected chi connectivity index (χ1v) is 10.3. The molecule has 4 aromatic heterocycles. The number of rotatable bonds is 6. The van der Waals surface area contributed by atoms with E-state index < -0.39 is 0 Å². The standard InChI is InChI=1S/C22H22N8O2/c1-13-8-15(11-24-10-13)29-7-3-4-17(22(29)32)27-18-9-19(23-2)30-20(28-18)16(12-25-30)21(31)26-14-5-6-14/h3-4,7-12,14,23H,5-6H2,1-2H3,(H,26,31)(H,27,28). The summed E-state index contributed by atoms with van der Waals surface area (Å²) in [5.41, 5.74) is 2.51. The van der Waals surface area contributed by atoms with Crippen molar-refractivity contribution in [1.29, 1.82) is 0 Å². The lowest BCUT2D eigenvalue weighted by Crippen LogP contribution is -2.25. The summed E-state index contributed by atoms with van der Waals surface area (Å²) in [6.07, 6.45) is 8.55. The SMILES string of the molecule is CNc1cc(Nc2cccn(-c3cncc(C)c3)c2=O)nc2c(C(=O)NC3CC3)cnn12. The van der Waals surface area contributed by atoms with Gasteiger partial charge >= 0.3 is 0 Å². The minimum absolute atomic E-state index is 0.205. The molecule has 1 amide bonds. The maximum Gasteiger partial charge on any atom is 0.278 e. The van der Waals surface area contributed by atoms with Gasteiger partial charge in [-0.05, 0) is 43.5 Å². The first-order chi connectivity index (χ1) is 15.5. The average Bonchev–Trinajstić information content (AvgIpc) is 3.49. The van der Waals surface area contributed by atoms with Crippen LogP contribution in [0.15, 0.2) is 53.8 Å². The number of pyridine rings is 2. The third-order valence-corrected chi connectivity index (χ3v) is 5.23. The molecule has 32 heavy (non-hydrogen) atoms. The highest BCUT2D eigenvalue weighted by Gasteiger charge is 2.26. The molecule has 0 bridgehead atoms. The highest BCUT2D eigenvalue weighted by Crippen LogP contribution is 2.23. The van der Waals surface area contributed by atoms with Gasteiger partial charge in [0.2, 0.25) is 0 Å². The maximum absolute atomic E-state index is 13.1. The number of amides is 1. The van der Waals surface area contributed by atoms with Crippen LogP contribution in [-0.4, -0.2) is 43.1 Å². The predicted octanol–water partition coefficient (Wildman–Crippen LogP) is 2.26. The summed E-state index contributed by atoms with van der Waals surface area (Å²) < 4.78 is 3.09. The molecule has 4 aromatic rings. The number of aromatic nitrogens is 5. The summed E-state index contributed by atoms with van der Waals surface area (Å²) in [4.78, 5) is 34.5. The van der Waals surface area contributed by atoms with Crippen LogP contribution >= 0.6 is 0 Å². The molecule has 162 valence electrons. The van der Waals surface area contributed by atoms with Crippen molar-refractivity contribution in [3.8, 4) is 5.69 Å². The molecule has 5 rings (SSSR count). The normalized spacial score (nSPS) is 13.2. The van der Waals surface area contributed by atoms with E-state index in [2.05, 4.69) is 31.0 Å². The number of nitrogens with zero attached hydrogens (tertiary/aromatic N) is 5. The number of fused-ring (bicyclic) bond motifs is 1. The van der Waals surface area contributed by atoms with Crippen LogP contribution in [0.3, 0.4) is 0 Å². The van der Waals surface area contributed by atoms with E-state index in [-0.39, 0.29) is 17.5 Å². The Balaban J connectivity index is 1.53. The van der Waals surface area contributed by atoms with Crippen molar-refractivity contribution < 1.29 is 4.79 Å². The van der Waals surface area contributed by atoms with E-state index >= 15 is 0 Å². The van der Waals surface area contributed by atoms with Crippen molar-refractivity contribution in [3.63, 3.8) is 0 Å². The average molecular weight is 430 g/mol. The summed E-state index contributed by atoms with van der Waals surface area (Å²) in [5, 5.41) is 13.4. The summed E-state index contributed by atoms with van der Waals surface area (Å²) in [7, 11) is 1.75. The molecule has 3 N–H and O–H groups in total. The summed E-state index contributed by atoms with van der Waals surface area (Å²) >= 11 is 0. The zero-order valence-corrected chi connectivity index (χ0v) is 17.7. The molecule has 0 unspecified atom stereocenters. The smallest absolute Gasteiger partial charge is 0.278 e. The molecule has 0 spiro atoms. The van der Waals surface area contributed by atoms with E-state index in [4.69, 9.17) is 0 Å². The number of hydrogen-bond donors (Lipinski definition) is 3. The first kappa shape index (κ1) is 19.7. The largest absolute Gasteiger partial charge is 0.373 e. The minimum atomic E-state index is -0.243. The van der Waals surface area contributed by atoms with Gasteiger partial charge in [-0.1, -0.05) is 0 Å². The molecule has 10 heteroatoms. The zero-order chi connectivity index (χ0) is 22.2. The van der Waals surface area contributed by atoms with Gasteiger partial charge < -0.3 is 16.0 Å². The van der Waals surface area contributed by atoms with Crippen LogP contribution in [0.4, 0.5) is 17.3 Å². The van der Waals surface area contributed by atoms with E-state index in [1.54, 1.807) is 48.4 Å². The van der Waals surface area contributed by atoms with Gasteiger partial charge in [-0.2, -0.15) is 9.61 Å². The molecule has 4 heterocycles. The number of anilines is 3. The zero-order valence-electron chi connectivity index (χ0n) is 17.7.